The number of hydrogen-bond acceptors (Lipinski definition) is 2. The molecule has 20 heavy (non-hydrogen) atoms. The Morgan fingerprint density at radius 2 is 1.80 bits per heavy atom. The number of carbonyl (C=O) groups excluding carboxylic acids is 1. The van der Waals surface area contributed by atoms with Crippen LogP contribution in [0.25, 0.3) is 11.3 Å². The van der Waals surface area contributed by atoms with Gasteiger partial charge in [-0.1, -0.05) is 15.9 Å². The summed E-state index contributed by atoms with van der Waals surface area (Å²) in [6.45, 7) is 0. The predicted octanol–water partition coefficient (Wildman–Crippen LogP) is 5.87. The molecular weight excluding hydrogens is 428 g/mol. The van der Waals surface area contributed by atoms with E-state index in [0.717, 1.165) is 6.07 Å². The average Bonchev–Trinajstić information content (AvgIpc) is 2.76. The van der Waals surface area contributed by atoms with Crippen LogP contribution in [0.4, 0.5) is 13.2 Å². The van der Waals surface area contributed by atoms with Gasteiger partial charge in [-0.2, -0.15) is 13.2 Å². The quantitative estimate of drug-likeness (QED) is 0.556. The van der Waals surface area contributed by atoms with Gasteiger partial charge < -0.3 is 4.42 Å². The number of furan rings is 1. The van der Waals surface area contributed by atoms with E-state index >= 15 is 0 Å². The van der Waals surface area contributed by atoms with E-state index < -0.39 is 17.0 Å². The first kappa shape index (κ1) is 15.6. The summed E-state index contributed by atoms with van der Waals surface area (Å²) in [5, 5.41) is -0.819. The molecule has 0 unspecified atom stereocenters. The van der Waals surface area contributed by atoms with Gasteiger partial charge in [0.1, 0.15) is 5.76 Å². The van der Waals surface area contributed by atoms with Crippen molar-refractivity contribution in [3.63, 3.8) is 0 Å². The molecule has 1 aromatic heterocycles. The summed E-state index contributed by atoms with van der Waals surface area (Å²) in [6.07, 6.45) is -4.51. The SMILES string of the molecule is O=C(Cl)c1ccc(-c2cc(C(F)(F)F)c(Br)cc2Br)o1. The van der Waals surface area contributed by atoms with Crippen LogP contribution in [0, 0.1) is 0 Å². The minimum atomic E-state index is -4.51. The normalized spacial score (nSPS) is 11.7. The Morgan fingerprint density at radius 1 is 1.15 bits per heavy atom. The third-order valence-corrected chi connectivity index (χ3v) is 3.93. The highest BCUT2D eigenvalue weighted by atomic mass is 79.9. The van der Waals surface area contributed by atoms with E-state index in [1.165, 1.54) is 18.2 Å². The Labute approximate surface area is 133 Å². The Balaban J connectivity index is 2.58. The van der Waals surface area contributed by atoms with Gasteiger partial charge in [0.2, 0.25) is 0 Å². The molecule has 0 radical (unpaired) electrons. The van der Waals surface area contributed by atoms with Crippen molar-refractivity contribution in [2.45, 2.75) is 6.18 Å². The second kappa shape index (κ2) is 5.54. The zero-order valence-corrected chi connectivity index (χ0v) is 13.3. The lowest BCUT2D eigenvalue weighted by Gasteiger charge is -2.11. The number of hydrogen-bond donors (Lipinski definition) is 0. The molecule has 0 aliphatic rings. The summed E-state index contributed by atoms with van der Waals surface area (Å²) < 4.78 is 44.0. The maximum absolute atomic E-state index is 12.9. The van der Waals surface area contributed by atoms with Crippen LogP contribution in [0.2, 0.25) is 0 Å². The maximum atomic E-state index is 12.9. The van der Waals surface area contributed by atoms with E-state index in [1.54, 1.807) is 0 Å². The fraction of sp³-hybridized carbons (Fsp3) is 0.0833. The molecule has 2 rings (SSSR count). The molecular formula is C12H4Br2ClF3O2. The summed E-state index contributed by atoms with van der Waals surface area (Å²) in [5.74, 6) is -0.0241. The van der Waals surface area contributed by atoms with Crippen LogP contribution >= 0.6 is 43.5 Å². The van der Waals surface area contributed by atoms with Crippen molar-refractivity contribution >= 4 is 48.7 Å². The highest BCUT2D eigenvalue weighted by molar-refractivity contribution is 9.11. The fourth-order valence-electron chi connectivity index (χ4n) is 1.54. The third kappa shape index (κ3) is 3.10. The minimum absolute atomic E-state index is 0.0965. The molecule has 8 heteroatoms. The standard InChI is InChI=1S/C12H4Br2ClF3O2/c13-7-4-8(14)6(12(16,17)18)3-5(7)9-1-2-10(20-9)11(15)19/h1-4H. The van der Waals surface area contributed by atoms with Crippen LogP contribution in [0.15, 0.2) is 37.6 Å². The van der Waals surface area contributed by atoms with E-state index in [-0.39, 0.29) is 21.6 Å². The smallest absolute Gasteiger partial charge is 0.417 e. The van der Waals surface area contributed by atoms with Crippen molar-refractivity contribution in [2.75, 3.05) is 0 Å². The second-order valence-electron chi connectivity index (χ2n) is 3.75. The van der Waals surface area contributed by atoms with E-state index in [4.69, 9.17) is 16.0 Å². The topological polar surface area (TPSA) is 30.2 Å². The van der Waals surface area contributed by atoms with Gasteiger partial charge in [0.05, 0.1) is 5.56 Å². The van der Waals surface area contributed by atoms with E-state index in [9.17, 15) is 18.0 Å². The monoisotopic (exact) mass is 430 g/mol. The largest absolute Gasteiger partial charge is 0.452 e. The molecule has 0 bridgehead atoms. The molecule has 106 valence electrons. The first-order chi connectivity index (χ1) is 9.20. The zero-order chi connectivity index (χ0) is 15.1. The lowest BCUT2D eigenvalue weighted by molar-refractivity contribution is -0.138. The summed E-state index contributed by atoms with van der Waals surface area (Å²) >= 11 is 11.3. The Kier molecular flexibility index (Phi) is 4.32. The highest BCUT2D eigenvalue weighted by Crippen LogP contribution is 2.41. The van der Waals surface area contributed by atoms with Crippen molar-refractivity contribution < 1.29 is 22.4 Å². The number of benzene rings is 1. The molecule has 0 saturated heterocycles. The van der Waals surface area contributed by atoms with E-state index in [2.05, 4.69) is 31.9 Å². The number of rotatable bonds is 2. The van der Waals surface area contributed by atoms with Gasteiger partial charge in [-0.15, -0.1) is 0 Å². The first-order valence-corrected chi connectivity index (χ1v) is 7.03. The molecule has 0 saturated carbocycles. The Morgan fingerprint density at radius 3 is 2.30 bits per heavy atom. The van der Waals surface area contributed by atoms with Crippen LogP contribution < -0.4 is 0 Å². The summed E-state index contributed by atoms with van der Waals surface area (Å²) in [6, 6.07) is 4.87. The maximum Gasteiger partial charge on any atom is 0.417 e. The van der Waals surface area contributed by atoms with Crippen molar-refractivity contribution in [3.05, 3.63) is 44.5 Å². The van der Waals surface area contributed by atoms with Crippen molar-refractivity contribution in [1.82, 2.24) is 0 Å². The molecule has 0 amide bonds. The Hall–Kier alpha value is -0.790. The van der Waals surface area contributed by atoms with Gasteiger partial charge in [0, 0.05) is 14.5 Å². The van der Waals surface area contributed by atoms with Crippen LogP contribution in [0.3, 0.4) is 0 Å². The highest BCUT2D eigenvalue weighted by Gasteiger charge is 2.34. The number of alkyl halides is 3. The van der Waals surface area contributed by atoms with E-state index in [1.807, 2.05) is 0 Å². The van der Waals surface area contributed by atoms with Crippen LogP contribution in [0.1, 0.15) is 16.1 Å². The first-order valence-electron chi connectivity index (χ1n) is 5.06. The molecule has 0 aliphatic carbocycles. The number of halogens is 6. The molecule has 0 N–H and O–H groups in total. The van der Waals surface area contributed by atoms with Gasteiger partial charge in [-0.25, -0.2) is 0 Å². The van der Waals surface area contributed by atoms with Gasteiger partial charge in [-0.05, 0) is 51.8 Å². The molecule has 0 atom stereocenters. The Bertz CT molecular complexity index is 680. The van der Waals surface area contributed by atoms with Crippen molar-refractivity contribution in [3.8, 4) is 11.3 Å². The number of carbonyl (C=O) groups is 1. The predicted molar refractivity (Wildman–Crippen MR) is 74.7 cm³/mol. The van der Waals surface area contributed by atoms with Gasteiger partial charge in [0.15, 0.2) is 5.76 Å². The zero-order valence-electron chi connectivity index (χ0n) is 9.39. The molecule has 2 aromatic rings. The molecule has 0 fully saturated rings. The van der Waals surface area contributed by atoms with Crippen LogP contribution in [-0.2, 0) is 6.18 Å². The van der Waals surface area contributed by atoms with Gasteiger partial charge >= 0.3 is 6.18 Å². The van der Waals surface area contributed by atoms with Crippen LogP contribution in [0.5, 0.6) is 0 Å². The molecule has 2 nitrogen and oxygen atoms in total. The summed E-state index contributed by atoms with van der Waals surface area (Å²) in [5.41, 5.74) is -0.671. The molecule has 0 aliphatic heterocycles. The van der Waals surface area contributed by atoms with Gasteiger partial charge in [-0.3, -0.25) is 4.79 Å². The van der Waals surface area contributed by atoms with Crippen molar-refractivity contribution in [2.24, 2.45) is 0 Å². The molecule has 0 spiro atoms. The average molecular weight is 432 g/mol. The molecule has 1 aromatic carbocycles. The third-order valence-electron chi connectivity index (χ3n) is 2.43. The van der Waals surface area contributed by atoms with Crippen LogP contribution in [-0.4, -0.2) is 5.24 Å². The van der Waals surface area contributed by atoms with E-state index in [0.29, 0.717) is 4.47 Å². The minimum Gasteiger partial charge on any atom is -0.452 e. The summed E-state index contributed by atoms with van der Waals surface area (Å²) in [7, 11) is 0. The second-order valence-corrected chi connectivity index (χ2v) is 5.80. The fourth-order valence-corrected chi connectivity index (χ4v) is 3.06. The lowest BCUT2D eigenvalue weighted by Crippen LogP contribution is -2.06. The lowest BCUT2D eigenvalue weighted by atomic mass is 10.1. The summed E-state index contributed by atoms with van der Waals surface area (Å²) in [4.78, 5) is 10.9. The molecule has 1 heterocycles. The van der Waals surface area contributed by atoms with Crippen molar-refractivity contribution in [1.29, 1.82) is 0 Å². The van der Waals surface area contributed by atoms with Gasteiger partial charge in [0.25, 0.3) is 5.24 Å².